The number of benzene rings is 2. The number of hydrogen-bond donors (Lipinski definition) is 1. The van der Waals surface area contributed by atoms with Crippen LogP contribution in [0.2, 0.25) is 0 Å². The summed E-state index contributed by atoms with van der Waals surface area (Å²) >= 11 is 3.49. The molecule has 0 aromatic heterocycles. The molecule has 0 amide bonds. The molecule has 0 saturated heterocycles. The molecular weight excluding hydrogens is 268 g/mol. The summed E-state index contributed by atoms with van der Waals surface area (Å²) in [6.45, 7) is 0.701. The molecule has 3 heteroatoms. The smallest absolute Gasteiger partial charge is 0.117 e. The molecule has 2 rings (SSSR count). The number of hydrogen-bond acceptors (Lipinski definition) is 2. The van der Waals surface area contributed by atoms with Crippen molar-refractivity contribution in [2.45, 2.75) is 6.42 Å². The molecule has 2 nitrogen and oxygen atoms in total. The molecule has 0 spiro atoms. The fourth-order valence-corrected chi connectivity index (χ4v) is 2.57. The average molecular weight is 281 g/mol. The van der Waals surface area contributed by atoms with E-state index in [0.29, 0.717) is 6.61 Å². The predicted molar refractivity (Wildman–Crippen MR) is 68.9 cm³/mol. The van der Waals surface area contributed by atoms with E-state index in [1.807, 2.05) is 12.1 Å². The Labute approximate surface area is 103 Å². The van der Waals surface area contributed by atoms with Crippen molar-refractivity contribution in [2.75, 3.05) is 13.7 Å². The van der Waals surface area contributed by atoms with Crippen molar-refractivity contribution in [3.8, 4) is 5.75 Å². The minimum atomic E-state index is 0.281. The second-order valence-electron chi connectivity index (χ2n) is 3.69. The molecule has 0 bridgehead atoms. The summed E-state index contributed by atoms with van der Waals surface area (Å²) in [5.74, 6) is 0.281. The minimum Gasteiger partial charge on any atom is -0.508 e. The second-order valence-corrected chi connectivity index (χ2v) is 4.54. The standard InChI is InChI=1S/C13H13BrO2/c1-16-6-5-9-3-2-4-10-7-11(15)8-12(14)13(9)10/h2-4,7-8,15H,5-6H2,1H3. The first-order valence-electron chi connectivity index (χ1n) is 5.11. The maximum atomic E-state index is 9.52. The topological polar surface area (TPSA) is 29.5 Å². The minimum absolute atomic E-state index is 0.281. The van der Waals surface area contributed by atoms with Gasteiger partial charge in [-0.2, -0.15) is 0 Å². The van der Waals surface area contributed by atoms with Crippen LogP contribution in [0.25, 0.3) is 10.8 Å². The SMILES string of the molecule is COCCc1cccc2cc(O)cc(Br)c12. The molecule has 0 heterocycles. The molecule has 0 unspecified atom stereocenters. The lowest BCUT2D eigenvalue weighted by atomic mass is 10.0. The van der Waals surface area contributed by atoms with Gasteiger partial charge in [0.25, 0.3) is 0 Å². The van der Waals surface area contributed by atoms with Crippen molar-refractivity contribution in [1.29, 1.82) is 0 Å². The lowest BCUT2D eigenvalue weighted by Crippen LogP contribution is -1.95. The highest BCUT2D eigenvalue weighted by molar-refractivity contribution is 9.10. The van der Waals surface area contributed by atoms with Gasteiger partial charge in [-0.05, 0) is 34.9 Å². The van der Waals surface area contributed by atoms with Crippen LogP contribution in [0.1, 0.15) is 5.56 Å². The van der Waals surface area contributed by atoms with Crippen molar-refractivity contribution in [3.63, 3.8) is 0 Å². The normalized spacial score (nSPS) is 10.9. The molecule has 0 radical (unpaired) electrons. The molecule has 0 aliphatic heterocycles. The second kappa shape index (κ2) is 4.85. The van der Waals surface area contributed by atoms with Crippen LogP contribution >= 0.6 is 15.9 Å². The first kappa shape index (κ1) is 11.4. The number of aromatic hydroxyl groups is 1. The highest BCUT2D eigenvalue weighted by atomic mass is 79.9. The van der Waals surface area contributed by atoms with Crippen LogP contribution in [0.4, 0.5) is 0 Å². The first-order valence-corrected chi connectivity index (χ1v) is 5.90. The Balaban J connectivity index is 2.57. The number of phenols is 1. The third-order valence-corrected chi connectivity index (χ3v) is 3.20. The van der Waals surface area contributed by atoms with Gasteiger partial charge < -0.3 is 9.84 Å². The van der Waals surface area contributed by atoms with Crippen LogP contribution in [-0.2, 0) is 11.2 Å². The van der Waals surface area contributed by atoms with Crippen molar-refractivity contribution in [3.05, 3.63) is 40.4 Å². The zero-order valence-corrected chi connectivity index (χ0v) is 10.6. The number of halogens is 1. The predicted octanol–water partition coefficient (Wildman–Crippen LogP) is 3.50. The van der Waals surface area contributed by atoms with E-state index in [0.717, 1.165) is 21.7 Å². The van der Waals surface area contributed by atoms with Crippen molar-refractivity contribution < 1.29 is 9.84 Å². The van der Waals surface area contributed by atoms with Crippen LogP contribution in [-0.4, -0.2) is 18.8 Å². The summed E-state index contributed by atoms with van der Waals surface area (Å²) in [6.07, 6.45) is 0.872. The number of rotatable bonds is 3. The van der Waals surface area contributed by atoms with Gasteiger partial charge in [0, 0.05) is 11.6 Å². The number of phenolic OH excluding ortho intramolecular Hbond substituents is 1. The number of fused-ring (bicyclic) bond motifs is 1. The summed E-state index contributed by atoms with van der Waals surface area (Å²) in [5.41, 5.74) is 1.23. The quantitative estimate of drug-likeness (QED) is 0.933. The van der Waals surface area contributed by atoms with Crippen molar-refractivity contribution in [1.82, 2.24) is 0 Å². The zero-order valence-electron chi connectivity index (χ0n) is 9.03. The molecular formula is C13H13BrO2. The Morgan fingerprint density at radius 2 is 2.12 bits per heavy atom. The lowest BCUT2D eigenvalue weighted by molar-refractivity contribution is 0.202. The van der Waals surface area contributed by atoms with Crippen LogP contribution in [0.3, 0.4) is 0 Å². The van der Waals surface area contributed by atoms with Gasteiger partial charge in [-0.15, -0.1) is 0 Å². The fourth-order valence-electron chi connectivity index (χ4n) is 1.85. The Kier molecular flexibility index (Phi) is 3.46. The van der Waals surface area contributed by atoms with Gasteiger partial charge in [0.15, 0.2) is 0 Å². The average Bonchev–Trinajstić information content (AvgIpc) is 2.25. The molecule has 2 aromatic carbocycles. The Morgan fingerprint density at radius 3 is 2.88 bits per heavy atom. The van der Waals surface area contributed by atoms with E-state index in [9.17, 15) is 5.11 Å². The van der Waals surface area contributed by atoms with E-state index in [1.54, 1.807) is 19.2 Å². The molecule has 0 atom stereocenters. The molecule has 0 aliphatic carbocycles. The van der Waals surface area contributed by atoms with Gasteiger partial charge in [-0.1, -0.05) is 34.1 Å². The largest absolute Gasteiger partial charge is 0.508 e. The molecule has 0 aliphatic rings. The van der Waals surface area contributed by atoms with Crippen LogP contribution in [0.15, 0.2) is 34.8 Å². The summed E-state index contributed by atoms with van der Waals surface area (Å²) in [5, 5.41) is 11.7. The fraction of sp³-hybridized carbons (Fsp3) is 0.231. The van der Waals surface area contributed by atoms with Crippen LogP contribution in [0.5, 0.6) is 5.75 Å². The summed E-state index contributed by atoms with van der Waals surface area (Å²) in [4.78, 5) is 0. The van der Waals surface area contributed by atoms with Crippen molar-refractivity contribution in [2.24, 2.45) is 0 Å². The lowest BCUT2D eigenvalue weighted by Gasteiger charge is -2.08. The zero-order chi connectivity index (χ0) is 11.5. The van der Waals surface area contributed by atoms with E-state index in [4.69, 9.17) is 4.74 Å². The van der Waals surface area contributed by atoms with E-state index in [1.165, 1.54) is 5.56 Å². The highest BCUT2D eigenvalue weighted by Crippen LogP contribution is 2.31. The highest BCUT2D eigenvalue weighted by Gasteiger charge is 2.06. The Hall–Kier alpha value is -1.06. The number of methoxy groups -OCH3 is 1. The van der Waals surface area contributed by atoms with Crippen LogP contribution in [0, 0.1) is 0 Å². The molecule has 16 heavy (non-hydrogen) atoms. The van der Waals surface area contributed by atoms with E-state index in [2.05, 4.69) is 22.0 Å². The molecule has 2 aromatic rings. The maximum Gasteiger partial charge on any atom is 0.117 e. The van der Waals surface area contributed by atoms with E-state index in [-0.39, 0.29) is 5.75 Å². The summed E-state index contributed by atoms with van der Waals surface area (Å²) < 4.78 is 6.02. The van der Waals surface area contributed by atoms with Gasteiger partial charge in [0.2, 0.25) is 0 Å². The van der Waals surface area contributed by atoms with Gasteiger partial charge in [-0.3, -0.25) is 0 Å². The maximum absolute atomic E-state index is 9.52. The summed E-state index contributed by atoms with van der Waals surface area (Å²) in [7, 11) is 1.70. The Bertz CT molecular complexity index is 509. The van der Waals surface area contributed by atoms with E-state index < -0.39 is 0 Å². The number of ether oxygens (including phenoxy) is 1. The molecule has 1 N–H and O–H groups in total. The molecule has 0 saturated carbocycles. The molecule has 0 fully saturated rings. The third-order valence-electron chi connectivity index (χ3n) is 2.58. The monoisotopic (exact) mass is 280 g/mol. The summed E-state index contributed by atoms with van der Waals surface area (Å²) in [6, 6.07) is 9.58. The van der Waals surface area contributed by atoms with Gasteiger partial charge in [0.1, 0.15) is 5.75 Å². The van der Waals surface area contributed by atoms with Gasteiger partial charge in [-0.25, -0.2) is 0 Å². The van der Waals surface area contributed by atoms with Gasteiger partial charge >= 0.3 is 0 Å². The van der Waals surface area contributed by atoms with Crippen LogP contribution < -0.4 is 0 Å². The third kappa shape index (κ3) is 2.20. The van der Waals surface area contributed by atoms with E-state index >= 15 is 0 Å². The Morgan fingerprint density at radius 1 is 1.31 bits per heavy atom. The van der Waals surface area contributed by atoms with Crippen molar-refractivity contribution >= 4 is 26.7 Å². The molecule has 84 valence electrons. The first-order chi connectivity index (χ1) is 7.72. The van der Waals surface area contributed by atoms with Gasteiger partial charge in [0.05, 0.1) is 6.61 Å².